The van der Waals surface area contributed by atoms with Gasteiger partial charge in [0.05, 0.1) is 11.8 Å². The summed E-state index contributed by atoms with van der Waals surface area (Å²) in [5.74, 6) is -1.05. The fourth-order valence-corrected chi connectivity index (χ4v) is 2.20. The summed E-state index contributed by atoms with van der Waals surface area (Å²) >= 11 is 0. The number of carboxylic acid groups (broad SMARTS) is 1. The molecule has 0 aliphatic carbocycles. The third kappa shape index (κ3) is 4.13. The van der Waals surface area contributed by atoms with Crippen molar-refractivity contribution >= 4 is 21.7 Å². The molecule has 0 bridgehead atoms. The van der Waals surface area contributed by atoms with Gasteiger partial charge in [0.2, 0.25) is 10.0 Å². The molecular weight excluding hydrogens is 270 g/mol. The predicted molar refractivity (Wildman–Crippen MR) is 71.8 cm³/mol. The van der Waals surface area contributed by atoms with Gasteiger partial charge in [-0.05, 0) is 32.9 Å². The quantitative estimate of drug-likeness (QED) is 0.830. The average Bonchev–Trinajstić information content (AvgIpc) is 2.29. The SMILES string of the molecule is CC(C)Oc1ccccc1NS(=O)(=O)C(C)C(=O)O. The number of anilines is 1. The molecule has 2 N–H and O–H groups in total. The van der Waals surface area contributed by atoms with Crippen molar-refractivity contribution in [1.82, 2.24) is 0 Å². The van der Waals surface area contributed by atoms with Crippen LogP contribution in [0.3, 0.4) is 0 Å². The van der Waals surface area contributed by atoms with Gasteiger partial charge < -0.3 is 9.84 Å². The maximum atomic E-state index is 11.8. The van der Waals surface area contributed by atoms with Gasteiger partial charge in [-0.15, -0.1) is 0 Å². The molecule has 1 unspecified atom stereocenters. The summed E-state index contributed by atoms with van der Waals surface area (Å²) in [6.07, 6.45) is -0.123. The minimum Gasteiger partial charge on any atom is -0.489 e. The monoisotopic (exact) mass is 287 g/mol. The number of hydrogen-bond donors (Lipinski definition) is 2. The van der Waals surface area contributed by atoms with Crippen LogP contribution in [0.25, 0.3) is 0 Å². The van der Waals surface area contributed by atoms with Gasteiger partial charge in [0.1, 0.15) is 5.75 Å². The Bertz CT molecular complexity index is 553. The third-order valence-electron chi connectivity index (χ3n) is 2.32. The summed E-state index contributed by atoms with van der Waals surface area (Å²) in [5.41, 5.74) is 0.226. The molecule has 1 aromatic rings. The first kappa shape index (κ1) is 15.3. The molecule has 0 aliphatic rings. The van der Waals surface area contributed by atoms with Crippen LogP contribution in [0.15, 0.2) is 24.3 Å². The number of nitrogens with one attached hydrogen (secondary N) is 1. The highest BCUT2D eigenvalue weighted by Gasteiger charge is 2.28. The molecule has 7 heteroatoms. The van der Waals surface area contributed by atoms with Gasteiger partial charge in [-0.1, -0.05) is 12.1 Å². The van der Waals surface area contributed by atoms with Crippen LogP contribution >= 0.6 is 0 Å². The summed E-state index contributed by atoms with van der Waals surface area (Å²) in [6.45, 7) is 4.73. The minimum absolute atomic E-state index is 0.123. The number of hydrogen-bond acceptors (Lipinski definition) is 4. The van der Waals surface area contributed by atoms with Gasteiger partial charge in [-0.2, -0.15) is 0 Å². The Labute approximate surface area is 112 Å². The summed E-state index contributed by atoms with van der Waals surface area (Å²) < 4.78 is 31.4. The molecule has 1 rings (SSSR count). The highest BCUT2D eigenvalue weighted by Crippen LogP contribution is 2.26. The lowest BCUT2D eigenvalue weighted by molar-refractivity contribution is -0.136. The first-order valence-corrected chi connectivity index (χ1v) is 7.29. The summed E-state index contributed by atoms with van der Waals surface area (Å²) in [4.78, 5) is 10.7. The molecular formula is C12H17NO5S. The molecule has 106 valence electrons. The summed E-state index contributed by atoms with van der Waals surface area (Å²) in [7, 11) is -4.00. The van der Waals surface area contributed by atoms with Crippen LogP contribution in [0.2, 0.25) is 0 Å². The van der Waals surface area contributed by atoms with Gasteiger partial charge in [-0.25, -0.2) is 8.42 Å². The zero-order chi connectivity index (χ0) is 14.6. The van der Waals surface area contributed by atoms with Crippen molar-refractivity contribution in [3.63, 3.8) is 0 Å². The Morgan fingerprint density at radius 2 is 1.84 bits per heavy atom. The number of para-hydroxylation sites is 2. The molecule has 0 fully saturated rings. The van der Waals surface area contributed by atoms with E-state index in [1.54, 1.807) is 18.2 Å². The van der Waals surface area contributed by atoms with E-state index in [0.717, 1.165) is 6.92 Å². The first-order valence-electron chi connectivity index (χ1n) is 5.74. The van der Waals surface area contributed by atoms with Crippen LogP contribution in [0.1, 0.15) is 20.8 Å². The summed E-state index contributed by atoms with van der Waals surface area (Å²) in [5, 5.41) is 7.22. The molecule has 0 radical (unpaired) electrons. The number of carboxylic acids is 1. The van der Waals surface area contributed by atoms with Crippen molar-refractivity contribution in [2.24, 2.45) is 0 Å². The Balaban J connectivity index is 3.03. The van der Waals surface area contributed by atoms with E-state index >= 15 is 0 Å². The lowest BCUT2D eigenvalue weighted by Crippen LogP contribution is -2.32. The first-order chi connectivity index (χ1) is 8.74. The van der Waals surface area contributed by atoms with Crippen molar-refractivity contribution in [3.8, 4) is 5.75 Å². The second kappa shape index (κ2) is 5.92. The van der Waals surface area contributed by atoms with E-state index in [4.69, 9.17) is 9.84 Å². The van der Waals surface area contributed by atoms with Gasteiger partial charge in [-0.3, -0.25) is 9.52 Å². The van der Waals surface area contributed by atoms with Crippen molar-refractivity contribution in [3.05, 3.63) is 24.3 Å². The highest BCUT2D eigenvalue weighted by atomic mass is 32.2. The third-order valence-corrected chi connectivity index (χ3v) is 3.95. The maximum Gasteiger partial charge on any atom is 0.323 e. The van der Waals surface area contributed by atoms with Crippen molar-refractivity contribution < 1.29 is 23.1 Å². The Kier molecular flexibility index (Phi) is 4.77. The summed E-state index contributed by atoms with van der Waals surface area (Å²) in [6, 6.07) is 6.47. The molecule has 0 saturated carbocycles. The fourth-order valence-electron chi connectivity index (χ4n) is 1.28. The van der Waals surface area contributed by atoms with Crippen LogP contribution in [-0.2, 0) is 14.8 Å². The maximum absolute atomic E-state index is 11.8. The second-order valence-corrected chi connectivity index (χ2v) is 6.29. The lowest BCUT2D eigenvalue weighted by Gasteiger charge is -2.16. The molecule has 0 amide bonds. The predicted octanol–water partition coefficient (Wildman–Crippen LogP) is 1.69. The molecule has 0 aromatic heterocycles. The number of carbonyl (C=O) groups is 1. The van der Waals surface area contributed by atoms with Crippen LogP contribution in [-0.4, -0.2) is 30.8 Å². The number of ether oxygens (including phenoxy) is 1. The number of benzene rings is 1. The molecule has 6 nitrogen and oxygen atoms in total. The van der Waals surface area contributed by atoms with Gasteiger partial charge >= 0.3 is 5.97 Å². The number of aliphatic carboxylic acids is 1. The normalized spacial score (nSPS) is 13.1. The van der Waals surface area contributed by atoms with Crippen LogP contribution in [0, 0.1) is 0 Å². The lowest BCUT2D eigenvalue weighted by atomic mass is 10.3. The number of sulfonamides is 1. The highest BCUT2D eigenvalue weighted by molar-refractivity contribution is 7.94. The van der Waals surface area contributed by atoms with Crippen molar-refractivity contribution in [2.75, 3.05) is 4.72 Å². The van der Waals surface area contributed by atoms with Crippen LogP contribution in [0.4, 0.5) is 5.69 Å². The Hall–Kier alpha value is -1.76. The fraction of sp³-hybridized carbons (Fsp3) is 0.417. The molecule has 0 heterocycles. The van der Waals surface area contributed by atoms with E-state index < -0.39 is 21.2 Å². The standard InChI is InChI=1S/C12H17NO5S/c1-8(2)18-11-7-5-4-6-10(11)13-19(16,17)9(3)12(14)15/h4-9,13H,1-3H3,(H,14,15). The van der Waals surface area contributed by atoms with E-state index in [9.17, 15) is 13.2 Å². The smallest absolute Gasteiger partial charge is 0.323 e. The van der Waals surface area contributed by atoms with Gasteiger partial charge in [0.15, 0.2) is 5.25 Å². The Morgan fingerprint density at radius 3 is 2.37 bits per heavy atom. The van der Waals surface area contributed by atoms with E-state index in [-0.39, 0.29) is 11.8 Å². The zero-order valence-corrected chi connectivity index (χ0v) is 11.8. The van der Waals surface area contributed by atoms with Crippen LogP contribution in [0.5, 0.6) is 5.75 Å². The molecule has 0 spiro atoms. The van der Waals surface area contributed by atoms with E-state index in [2.05, 4.69) is 4.72 Å². The minimum atomic E-state index is -4.00. The topological polar surface area (TPSA) is 92.7 Å². The van der Waals surface area contributed by atoms with E-state index in [1.807, 2.05) is 13.8 Å². The zero-order valence-electron chi connectivity index (χ0n) is 11.0. The van der Waals surface area contributed by atoms with E-state index in [0.29, 0.717) is 5.75 Å². The number of rotatable bonds is 6. The average molecular weight is 287 g/mol. The van der Waals surface area contributed by atoms with Crippen LogP contribution < -0.4 is 9.46 Å². The largest absolute Gasteiger partial charge is 0.489 e. The molecule has 1 atom stereocenters. The van der Waals surface area contributed by atoms with Crippen molar-refractivity contribution in [1.29, 1.82) is 0 Å². The van der Waals surface area contributed by atoms with Gasteiger partial charge in [0.25, 0.3) is 0 Å². The second-order valence-electron chi connectivity index (χ2n) is 4.29. The Morgan fingerprint density at radius 1 is 1.26 bits per heavy atom. The van der Waals surface area contributed by atoms with E-state index in [1.165, 1.54) is 6.07 Å². The van der Waals surface area contributed by atoms with Gasteiger partial charge in [0, 0.05) is 0 Å². The molecule has 0 saturated heterocycles. The molecule has 0 aliphatic heterocycles. The molecule has 19 heavy (non-hydrogen) atoms. The molecule has 1 aromatic carbocycles. The van der Waals surface area contributed by atoms with Crippen molar-refractivity contribution in [2.45, 2.75) is 32.1 Å².